The van der Waals surface area contributed by atoms with Crippen LogP contribution in [-0.2, 0) is 0 Å². The highest BCUT2D eigenvalue weighted by atomic mass is 79.9. The van der Waals surface area contributed by atoms with E-state index in [9.17, 15) is 9.90 Å². The van der Waals surface area contributed by atoms with Gasteiger partial charge in [0.25, 0.3) is 0 Å². The fraction of sp³-hybridized carbons (Fsp3) is 0. The molecule has 3 rings (SSSR count). The molecule has 0 aliphatic rings. The average Bonchev–Trinajstić information content (AvgIpc) is 2.39. The van der Waals surface area contributed by atoms with E-state index in [0.29, 0.717) is 11.1 Å². The lowest BCUT2D eigenvalue weighted by Gasteiger charge is -2.04. The normalized spacial score (nSPS) is 10.8. The third kappa shape index (κ3) is 2.15. The van der Waals surface area contributed by atoms with Gasteiger partial charge >= 0.3 is 5.63 Å². The van der Waals surface area contributed by atoms with Crippen molar-refractivity contribution in [3.63, 3.8) is 0 Å². The highest BCUT2D eigenvalue weighted by Crippen LogP contribution is 2.28. The van der Waals surface area contributed by atoms with Gasteiger partial charge in [-0.1, -0.05) is 34.1 Å². The van der Waals surface area contributed by atoms with Gasteiger partial charge in [-0.15, -0.1) is 0 Å². The van der Waals surface area contributed by atoms with Gasteiger partial charge in [-0.2, -0.15) is 0 Å². The molecule has 0 aliphatic heterocycles. The Morgan fingerprint density at radius 3 is 2.58 bits per heavy atom. The van der Waals surface area contributed by atoms with Gasteiger partial charge < -0.3 is 9.52 Å². The Morgan fingerprint density at radius 2 is 1.79 bits per heavy atom. The van der Waals surface area contributed by atoms with Crippen LogP contribution in [0.25, 0.3) is 22.1 Å². The van der Waals surface area contributed by atoms with Crippen molar-refractivity contribution in [2.24, 2.45) is 0 Å². The van der Waals surface area contributed by atoms with Gasteiger partial charge in [0.05, 0.1) is 5.56 Å². The summed E-state index contributed by atoms with van der Waals surface area (Å²) in [4.78, 5) is 12.0. The quantitative estimate of drug-likeness (QED) is 0.692. The fourth-order valence-corrected chi connectivity index (χ4v) is 2.47. The van der Waals surface area contributed by atoms with Crippen LogP contribution in [0.15, 0.2) is 62.2 Å². The second-order valence-corrected chi connectivity index (χ2v) is 5.00. The predicted molar refractivity (Wildman–Crippen MR) is 77.3 cm³/mol. The number of hydrogen-bond acceptors (Lipinski definition) is 3. The van der Waals surface area contributed by atoms with E-state index in [1.807, 2.05) is 24.3 Å². The summed E-state index contributed by atoms with van der Waals surface area (Å²) in [5.41, 5.74) is 1.22. The smallest absolute Gasteiger partial charge is 0.344 e. The monoisotopic (exact) mass is 316 g/mol. The molecule has 0 bridgehead atoms. The van der Waals surface area contributed by atoms with Crippen LogP contribution in [0.3, 0.4) is 0 Å². The lowest BCUT2D eigenvalue weighted by Crippen LogP contribution is -2.02. The number of hydrogen-bond donors (Lipinski definition) is 1. The standard InChI is InChI=1S/C15H9BrO3/c16-13-4-2-1-3-11(13)12-7-9-5-6-10(17)8-14(9)19-15(12)18/h1-8,17H. The van der Waals surface area contributed by atoms with Crippen LogP contribution in [0.4, 0.5) is 0 Å². The van der Waals surface area contributed by atoms with Gasteiger partial charge in [-0.05, 0) is 24.3 Å². The molecular weight excluding hydrogens is 308 g/mol. The number of phenols is 1. The van der Waals surface area contributed by atoms with Crippen molar-refractivity contribution in [1.29, 1.82) is 0 Å². The third-order valence-corrected chi connectivity index (χ3v) is 3.58. The van der Waals surface area contributed by atoms with Crippen molar-refractivity contribution in [2.45, 2.75) is 0 Å². The molecule has 0 unspecified atom stereocenters. The molecule has 0 radical (unpaired) electrons. The van der Waals surface area contributed by atoms with E-state index in [1.54, 1.807) is 18.2 Å². The second kappa shape index (κ2) is 4.55. The zero-order chi connectivity index (χ0) is 13.4. The number of fused-ring (bicyclic) bond motifs is 1. The number of halogens is 1. The first-order valence-electron chi connectivity index (χ1n) is 5.67. The predicted octanol–water partition coefficient (Wildman–Crippen LogP) is 3.93. The van der Waals surface area contributed by atoms with Gasteiger partial charge in [0.1, 0.15) is 11.3 Å². The molecule has 19 heavy (non-hydrogen) atoms. The fourth-order valence-electron chi connectivity index (χ4n) is 1.97. The number of benzene rings is 2. The summed E-state index contributed by atoms with van der Waals surface area (Å²) in [6, 6.07) is 13.9. The summed E-state index contributed by atoms with van der Waals surface area (Å²) in [6.45, 7) is 0. The van der Waals surface area contributed by atoms with Crippen molar-refractivity contribution in [2.75, 3.05) is 0 Å². The van der Waals surface area contributed by atoms with Gasteiger partial charge in [0, 0.05) is 21.5 Å². The molecule has 0 fully saturated rings. The summed E-state index contributed by atoms with van der Waals surface area (Å²) in [6.07, 6.45) is 0. The second-order valence-electron chi connectivity index (χ2n) is 4.15. The minimum atomic E-state index is -0.426. The molecule has 1 N–H and O–H groups in total. The van der Waals surface area contributed by atoms with Crippen LogP contribution in [0, 0.1) is 0 Å². The van der Waals surface area contributed by atoms with Gasteiger partial charge in [-0.25, -0.2) is 4.79 Å². The minimum absolute atomic E-state index is 0.0734. The van der Waals surface area contributed by atoms with Crippen LogP contribution in [0.2, 0.25) is 0 Å². The first kappa shape index (κ1) is 12.0. The number of phenolic OH excluding ortho intramolecular Hbond substituents is 1. The van der Waals surface area contributed by atoms with E-state index in [4.69, 9.17) is 4.42 Å². The zero-order valence-electron chi connectivity index (χ0n) is 9.76. The van der Waals surface area contributed by atoms with Crippen molar-refractivity contribution in [3.05, 3.63) is 63.4 Å². The van der Waals surface area contributed by atoms with Crippen molar-refractivity contribution < 1.29 is 9.52 Å². The Morgan fingerprint density at radius 1 is 1.00 bits per heavy atom. The molecule has 4 heteroatoms. The lowest BCUT2D eigenvalue weighted by molar-refractivity contribution is 0.473. The zero-order valence-corrected chi connectivity index (χ0v) is 11.3. The van der Waals surface area contributed by atoms with Crippen LogP contribution in [0.1, 0.15) is 0 Å². The maximum Gasteiger partial charge on any atom is 0.344 e. The molecule has 0 saturated heterocycles. The highest BCUT2D eigenvalue weighted by Gasteiger charge is 2.10. The summed E-state index contributed by atoms with van der Waals surface area (Å²) in [7, 11) is 0. The van der Waals surface area contributed by atoms with Gasteiger partial charge in [-0.3, -0.25) is 0 Å². The largest absolute Gasteiger partial charge is 0.508 e. The van der Waals surface area contributed by atoms with Crippen molar-refractivity contribution >= 4 is 26.9 Å². The Kier molecular flexibility index (Phi) is 2.87. The molecule has 2 aromatic carbocycles. The average molecular weight is 317 g/mol. The van der Waals surface area contributed by atoms with Crippen LogP contribution < -0.4 is 5.63 Å². The molecule has 0 atom stereocenters. The van der Waals surface area contributed by atoms with Gasteiger partial charge in [0.15, 0.2) is 0 Å². The van der Waals surface area contributed by atoms with E-state index in [1.165, 1.54) is 6.07 Å². The van der Waals surface area contributed by atoms with E-state index in [0.717, 1.165) is 15.4 Å². The highest BCUT2D eigenvalue weighted by molar-refractivity contribution is 9.10. The van der Waals surface area contributed by atoms with E-state index in [-0.39, 0.29) is 5.75 Å². The Hall–Kier alpha value is -2.07. The first-order chi connectivity index (χ1) is 9.15. The Balaban J connectivity index is 2.31. The molecule has 0 amide bonds. The summed E-state index contributed by atoms with van der Waals surface area (Å²) < 4.78 is 6.08. The third-order valence-electron chi connectivity index (χ3n) is 2.88. The summed E-state index contributed by atoms with van der Waals surface area (Å²) >= 11 is 3.42. The molecule has 94 valence electrons. The maximum atomic E-state index is 12.0. The molecule has 0 spiro atoms. The van der Waals surface area contributed by atoms with Crippen LogP contribution in [-0.4, -0.2) is 5.11 Å². The van der Waals surface area contributed by atoms with Crippen LogP contribution >= 0.6 is 15.9 Å². The summed E-state index contributed by atoms with van der Waals surface area (Å²) in [5.74, 6) is 0.0734. The summed E-state index contributed by atoms with van der Waals surface area (Å²) in [5, 5.41) is 10.1. The molecule has 3 nitrogen and oxygen atoms in total. The Labute approximate surface area is 117 Å². The van der Waals surface area contributed by atoms with E-state index < -0.39 is 5.63 Å². The maximum absolute atomic E-state index is 12.0. The lowest BCUT2D eigenvalue weighted by atomic mass is 10.1. The Bertz CT molecular complexity index is 821. The van der Waals surface area contributed by atoms with E-state index >= 15 is 0 Å². The van der Waals surface area contributed by atoms with Crippen molar-refractivity contribution in [3.8, 4) is 16.9 Å². The molecule has 0 aliphatic carbocycles. The minimum Gasteiger partial charge on any atom is -0.508 e. The molecule has 3 aromatic rings. The number of aromatic hydroxyl groups is 1. The van der Waals surface area contributed by atoms with E-state index in [2.05, 4.69) is 15.9 Å². The topological polar surface area (TPSA) is 50.4 Å². The molecule has 1 heterocycles. The van der Waals surface area contributed by atoms with Crippen molar-refractivity contribution in [1.82, 2.24) is 0 Å². The molecule has 0 saturated carbocycles. The van der Waals surface area contributed by atoms with Gasteiger partial charge in [0.2, 0.25) is 0 Å². The first-order valence-corrected chi connectivity index (χ1v) is 6.46. The molecular formula is C15H9BrO3. The SMILES string of the molecule is O=c1oc2cc(O)ccc2cc1-c1ccccc1Br. The van der Waals surface area contributed by atoms with Crippen LogP contribution in [0.5, 0.6) is 5.75 Å². The molecule has 1 aromatic heterocycles. The number of rotatable bonds is 1.